The highest BCUT2D eigenvalue weighted by Crippen LogP contribution is 2.27. The van der Waals surface area contributed by atoms with Crippen LogP contribution in [0.3, 0.4) is 0 Å². The van der Waals surface area contributed by atoms with E-state index in [2.05, 4.69) is 10.5 Å². The van der Waals surface area contributed by atoms with Crippen LogP contribution in [0, 0.1) is 0 Å². The number of nitrogens with one attached hydrogen (secondary N) is 1. The van der Waals surface area contributed by atoms with Crippen molar-refractivity contribution in [3.8, 4) is 17.2 Å². The molecule has 0 aliphatic heterocycles. The van der Waals surface area contributed by atoms with E-state index in [1.54, 1.807) is 20.4 Å². The van der Waals surface area contributed by atoms with E-state index < -0.39 is 0 Å². The van der Waals surface area contributed by atoms with E-state index >= 15 is 0 Å². The standard InChI is InChI=1S/C23H24N2O3/c1-26-22-13-10-20(14-23(22)27-2)16-25-24-15-18-8-11-21(12-9-18)28-17-19-6-4-3-5-7-19/h3-15,25H,16-17H2,1-2H3/b24-15-. The average Bonchev–Trinajstić information content (AvgIpc) is 2.76. The third-order valence-electron chi connectivity index (χ3n) is 4.16. The maximum atomic E-state index is 5.79. The Bertz CT molecular complexity index is 893. The summed E-state index contributed by atoms with van der Waals surface area (Å²) in [5, 5.41) is 4.27. The molecule has 0 heterocycles. The minimum absolute atomic E-state index is 0.557. The minimum Gasteiger partial charge on any atom is -0.493 e. The Morgan fingerprint density at radius 3 is 2.29 bits per heavy atom. The maximum absolute atomic E-state index is 5.79. The van der Waals surface area contributed by atoms with Crippen LogP contribution in [0.25, 0.3) is 0 Å². The molecule has 0 atom stereocenters. The molecule has 0 fully saturated rings. The van der Waals surface area contributed by atoms with Gasteiger partial charge in [0.1, 0.15) is 12.4 Å². The third kappa shape index (κ3) is 5.51. The zero-order valence-corrected chi connectivity index (χ0v) is 16.1. The Morgan fingerprint density at radius 1 is 0.821 bits per heavy atom. The first-order valence-electron chi connectivity index (χ1n) is 9.02. The van der Waals surface area contributed by atoms with Gasteiger partial charge in [-0.05, 0) is 53.1 Å². The summed E-state index contributed by atoms with van der Waals surface area (Å²) in [5.41, 5.74) is 6.24. The van der Waals surface area contributed by atoms with Crippen molar-refractivity contribution in [3.63, 3.8) is 0 Å². The van der Waals surface area contributed by atoms with E-state index in [4.69, 9.17) is 14.2 Å². The second-order valence-electron chi connectivity index (χ2n) is 6.13. The zero-order valence-electron chi connectivity index (χ0n) is 16.1. The lowest BCUT2D eigenvalue weighted by Crippen LogP contribution is -2.06. The van der Waals surface area contributed by atoms with Crippen molar-refractivity contribution in [3.05, 3.63) is 89.5 Å². The molecule has 5 heteroatoms. The van der Waals surface area contributed by atoms with Gasteiger partial charge in [-0.3, -0.25) is 0 Å². The molecule has 0 saturated carbocycles. The molecular weight excluding hydrogens is 352 g/mol. The monoisotopic (exact) mass is 376 g/mol. The van der Waals surface area contributed by atoms with Gasteiger partial charge >= 0.3 is 0 Å². The van der Waals surface area contributed by atoms with Crippen LogP contribution in [0.4, 0.5) is 0 Å². The summed E-state index contributed by atoms with van der Waals surface area (Å²) < 4.78 is 16.3. The molecule has 1 N–H and O–H groups in total. The van der Waals surface area contributed by atoms with Gasteiger partial charge in [-0.15, -0.1) is 0 Å². The number of methoxy groups -OCH3 is 2. The molecule has 144 valence electrons. The predicted molar refractivity (Wildman–Crippen MR) is 111 cm³/mol. The van der Waals surface area contributed by atoms with Gasteiger partial charge in [-0.25, -0.2) is 0 Å². The van der Waals surface area contributed by atoms with Crippen molar-refractivity contribution in [2.75, 3.05) is 14.2 Å². The molecule has 0 spiro atoms. The van der Waals surface area contributed by atoms with Crippen LogP contribution in [0.15, 0.2) is 77.9 Å². The molecule has 28 heavy (non-hydrogen) atoms. The highest BCUT2D eigenvalue weighted by molar-refractivity contribution is 5.79. The number of rotatable bonds is 9. The quantitative estimate of drug-likeness (QED) is 0.444. The predicted octanol–water partition coefficient (Wildman–Crippen LogP) is 4.41. The van der Waals surface area contributed by atoms with Crippen LogP contribution in [0.2, 0.25) is 0 Å². The van der Waals surface area contributed by atoms with E-state index in [-0.39, 0.29) is 0 Å². The largest absolute Gasteiger partial charge is 0.493 e. The highest BCUT2D eigenvalue weighted by atomic mass is 16.5. The molecule has 0 saturated heterocycles. The summed E-state index contributed by atoms with van der Waals surface area (Å²) in [6.07, 6.45) is 1.78. The van der Waals surface area contributed by atoms with Crippen LogP contribution >= 0.6 is 0 Å². The molecule has 0 unspecified atom stereocenters. The fourth-order valence-electron chi connectivity index (χ4n) is 2.64. The zero-order chi connectivity index (χ0) is 19.6. The summed E-state index contributed by atoms with van der Waals surface area (Å²) in [6, 6.07) is 23.7. The lowest BCUT2D eigenvalue weighted by Gasteiger charge is -2.09. The Labute approximate surface area is 165 Å². The number of hydrazone groups is 1. The van der Waals surface area contributed by atoms with Crippen LogP contribution in [-0.2, 0) is 13.2 Å². The molecule has 0 aliphatic carbocycles. The lowest BCUT2D eigenvalue weighted by atomic mass is 10.2. The van der Waals surface area contributed by atoms with Gasteiger partial charge in [0, 0.05) is 0 Å². The molecular formula is C23H24N2O3. The number of nitrogens with zero attached hydrogens (tertiary/aromatic N) is 1. The summed E-state index contributed by atoms with van der Waals surface area (Å²) in [7, 11) is 3.25. The van der Waals surface area contributed by atoms with E-state index in [0.717, 1.165) is 22.4 Å². The van der Waals surface area contributed by atoms with Gasteiger partial charge in [0.15, 0.2) is 11.5 Å². The topological polar surface area (TPSA) is 52.1 Å². The van der Waals surface area contributed by atoms with E-state index in [1.807, 2.05) is 72.8 Å². The van der Waals surface area contributed by atoms with Crippen molar-refractivity contribution in [1.82, 2.24) is 5.43 Å². The number of ether oxygens (including phenoxy) is 3. The highest BCUT2D eigenvalue weighted by Gasteiger charge is 2.03. The molecule has 3 aromatic carbocycles. The molecule has 0 radical (unpaired) electrons. The molecule has 5 nitrogen and oxygen atoms in total. The van der Waals surface area contributed by atoms with Gasteiger partial charge in [0.05, 0.1) is 27.0 Å². The smallest absolute Gasteiger partial charge is 0.161 e. The first kappa shape index (κ1) is 19.3. The van der Waals surface area contributed by atoms with Crippen molar-refractivity contribution in [2.24, 2.45) is 5.10 Å². The Hall–Kier alpha value is -3.47. The van der Waals surface area contributed by atoms with Crippen molar-refractivity contribution >= 4 is 6.21 Å². The van der Waals surface area contributed by atoms with E-state index in [1.165, 1.54) is 0 Å². The van der Waals surface area contributed by atoms with Crippen LogP contribution in [0.5, 0.6) is 17.2 Å². The molecule has 3 aromatic rings. The second-order valence-corrected chi connectivity index (χ2v) is 6.13. The van der Waals surface area contributed by atoms with E-state index in [0.29, 0.717) is 24.7 Å². The summed E-state index contributed by atoms with van der Waals surface area (Å²) in [6.45, 7) is 1.15. The summed E-state index contributed by atoms with van der Waals surface area (Å²) in [5.74, 6) is 2.25. The Balaban J connectivity index is 1.48. The Morgan fingerprint density at radius 2 is 1.57 bits per heavy atom. The average molecular weight is 376 g/mol. The van der Waals surface area contributed by atoms with Crippen LogP contribution < -0.4 is 19.6 Å². The van der Waals surface area contributed by atoms with E-state index in [9.17, 15) is 0 Å². The summed E-state index contributed by atoms with van der Waals surface area (Å²) in [4.78, 5) is 0. The normalized spacial score (nSPS) is 10.6. The lowest BCUT2D eigenvalue weighted by molar-refractivity contribution is 0.306. The molecule has 0 aromatic heterocycles. The first-order chi connectivity index (χ1) is 13.8. The SMILES string of the molecule is COc1ccc(CN/N=C\c2ccc(OCc3ccccc3)cc2)cc1OC. The maximum Gasteiger partial charge on any atom is 0.161 e. The Kier molecular flexibility index (Phi) is 6.90. The molecule has 3 rings (SSSR count). The van der Waals surface area contributed by atoms with Gasteiger partial charge in [0.2, 0.25) is 0 Å². The molecule has 0 aliphatic rings. The van der Waals surface area contributed by atoms with Crippen molar-refractivity contribution < 1.29 is 14.2 Å². The van der Waals surface area contributed by atoms with Gasteiger partial charge in [-0.1, -0.05) is 36.4 Å². The van der Waals surface area contributed by atoms with Gasteiger partial charge in [-0.2, -0.15) is 5.10 Å². The molecule has 0 bridgehead atoms. The van der Waals surface area contributed by atoms with Crippen molar-refractivity contribution in [2.45, 2.75) is 13.2 Å². The van der Waals surface area contributed by atoms with Gasteiger partial charge in [0.25, 0.3) is 0 Å². The van der Waals surface area contributed by atoms with Crippen molar-refractivity contribution in [1.29, 1.82) is 0 Å². The fourth-order valence-corrected chi connectivity index (χ4v) is 2.64. The number of hydrogen-bond donors (Lipinski definition) is 1. The first-order valence-corrected chi connectivity index (χ1v) is 9.02. The van der Waals surface area contributed by atoms with Gasteiger partial charge < -0.3 is 19.6 Å². The molecule has 0 amide bonds. The summed E-state index contributed by atoms with van der Waals surface area (Å²) >= 11 is 0. The number of benzene rings is 3. The van der Waals surface area contributed by atoms with Crippen LogP contribution in [-0.4, -0.2) is 20.4 Å². The third-order valence-corrected chi connectivity index (χ3v) is 4.16. The fraction of sp³-hybridized carbons (Fsp3) is 0.174. The minimum atomic E-state index is 0.557. The number of hydrogen-bond acceptors (Lipinski definition) is 5. The van der Waals surface area contributed by atoms with Crippen LogP contribution in [0.1, 0.15) is 16.7 Å². The second kappa shape index (κ2) is 10.0.